The third-order valence-corrected chi connectivity index (χ3v) is 13.5. The van der Waals surface area contributed by atoms with Gasteiger partial charge in [-0.1, -0.05) is 0 Å². The highest BCUT2D eigenvalue weighted by Crippen LogP contribution is 2.36. The van der Waals surface area contributed by atoms with Crippen molar-refractivity contribution < 1.29 is 19.2 Å². The van der Waals surface area contributed by atoms with Crippen molar-refractivity contribution in [1.29, 1.82) is 0 Å². The lowest BCUT2D eigenvalue weighted by atomic mass is 9.94. The van der Waals surface area contributed by atoms with Gasteiger partial charge < -0.3 is 36.4 Å². The van der Waals surface area contributed by atoms with Crippen molar-refractivity contribution in [2.45, 2.75) is 69.9 Å². The van der Waals surface area contributed by atoms with Crippen molar-refractivity contribution in [3.63, 3.8) is 0 Å². The second kappa shape index (κ2) is 17.2. The number of amides is 2. The third kappa shape index (κ3) is 8.21. The van der Waals surface area contributed by atoms with Crippen molar-refractivity contribution in [3.8, 4) is 0 Å². The molecule has 310 valence electrons. The maximum absolute atomic E-state index is 13.7. The van der Waals surface area contributed by atoms with Gasteiger partial charge >= 0.3 is 0 Å². The molecule has 60 heavy (non-hydrogen) atoms. The lowest BCUT2D eigenvalue weighted by Crippen LogP contribution is -2.44. The molecule has 5 aromatic rings. The molecule has 0 spiro atoms. The van der Waals surface area contributed by atoms with Crippen LogP contribution in [0.1, 0.15) is 84.7 Å². The number of aromatic nitrogens is 5. The fraction of sp³-hybridized carbons (Fsp3) is 0.442. The number of rotatable bonds is 9. The first-order valence-corrected chi connectivity index (χ1v) is 21.8. The largest absolute Gasteiger partial charge is 0.382 e. The van der Waals surface area contributed by atoms with Crippen molar-refractivity contribution in [2.75, 3.05) is 66.7 Å². The Labute approximate surface area is 350 Å². The van der Waals surface area contributed by atoms with Gasteiger partial charge in [0.15, 0.2) is 0 Å². The van der Waals surface area contributed by atoms with E-state index in [1.54, 1.807) is 29.5 Å². The van der Waals surface area contributed by atoms with Gasteiger partial charge in [0.25, 0.3) is 11.8 Å². The molecule has 2 amide bonds. The van der Waals surface area contributed by atoms with Crippen LogP contribution in [0.3, 0.4) is 0 Å². The average molecular weight is 829 g/mol. The van der Waals surface area contributed by atoms with Crippen LogP contribution in [0.25, 0.3) is 21.1 Å². The maximum atomic E-state index is 13.7. The highest BCUT2D eigenvalue weighted by atomic mass is 32.1. The van der Waals surface area contributed by atoms with Crippen LogP contribution in [0, 0.1) is 5.92 Å². The number of benzene rings is 1. The van der Waals surface area contributed by atoms with E-state index in [0.717, 1.165) is 112 Å². The van der Waals surface area contributed by atoms with Gasteiger partial charge in [-0.2, -0.15) is 5.10 Å². The SMILES string of the molecule is Nc1ncnc2c(C(=O)Nc3cc4cn(C5CCN(CC6CCN(c7ccc(C(=O)N[C@H]8CCC(=C=O)NC8=C=O)nc7)CC6)CC5)nc4cc3N3CCCCC3)csc12. The maximum Gasteiger partial charge on any atom is 0.270 e. The van der Waals surface area contributed by atoms with Crippen molar-refractivity contribution in [2.24, 2.45) is 5.92 Å². The number of carbonyl (C=O) groups is 2. The monoisotopic (exact) mass is 828 g/mol. The molecule has 4 aromatic heterocycles. The Hall–Kier alpha value is -6.12. The van der Waals surface area contributed by atoms with Gasteiger partial charge in [0, 0.05) is 69.2 Å². The van der Waals surface area contributed by atoms with E-state index in [2.05, 4.69) is 68.6 Å². The summed E-state index contributed by atoms with van der Waals surface area (Å²) in [5.41, 5.74) is 11.5. The van der Waals surface area contributed by atoms with Gasteiger partial charge in [-0.05, 0) is 81.5 Å². The molecule has 0 unspecified atom stereocenters. The second-order valence-electron chi connectivity index (χ2n) is 16.3. The summed E-state index contributed by atoms with van der Waals surface area (Å²) in [6, 6.07) is 7.61. The number of pyridine rings is 1. The van der Waals surface area contributed by atoms with E-state index >= 15 is 0 Å². The zero-order valence-electron chi connectivity index (χ0n) is 33.4. The van der Waals surface area contributed by atoms with Gasteiger partial charge in [-0.3, -0.25) is 14.3 Å². The molecule has 9 rings (SSSR count). The van der Waals surface area contributed by atoms with Crippen LogP contribution in [-0.4, -0.2) is 105 Å². The summed E-state index contributed by atoms with van der Waals surface area (Å²) < 4.78 is 2.86. The first-order valence-electron chi connectivity index (χ1n) is 20.9. The van der Waals surface area contributed by atoms with Crippen molar-refractivity contribution in [1.82, 2.24) is 40.3 Å². The predicted octanol–water partition coefficient (Wildman–Crippen LogP) is 4.73. The van der Waals surface area contributed by atoms with E-state index in [1.165, 1.54) is 24.1 Å². The van der Waals surface area contributed by atoms with E-state index in [0.29, 0.717) is 46.4 Å². The summed E-state index contributed by atoms with van der Waals surface area (Å²) in [4.78, 5) is 69.1. The minimum absolute atomic E-state index is 0.122. The number of piperidine rings is 4. The summed E-state index contributed by atoms with van der Waals surface area (Å²) in [5, 5.41) is 16.7. The van der Waals surface area contributed by atoms with Crippen LogP contribution in [0.5, 0.6) is 0 Å². The molecule has 0 aliphatic carbocycles. The molecule has 1 aromatic carbocycles. The van der Waals surface area contributed by atoms with Crippen LogP contribution in [0.15, 0.2) is 59.8 Å². The molecular formula is C43H48N12O4S. The number of nitrogens with zero attached hydrogens (tertiary/aromatic N) is 8. The highest BCUT2D eigenvalue weighted by Gasteiger charge is 2.29. The summed E-state index contributed by atoms with van der Waals surface area (Å²) in [6.45, 7) is 6.86. The Morgan fingerprint density at radius 2 is 1.72 bits per heavy atom. The molecule has 4 fully saturated rings. The van der Waals surface area contributed by atoms with Crippen LogP contribution in [-0.2, 0) is 9.59 Å². The number of carbonyl (C=O) groups excluding carboxylic acids is 4. The van der Waals surface area contributed by atoms with Gasteiger partial charge in [0.2, 0.25) is 0 Å². The molecular weight excluding hydrogens is 781 g/mol. The van der Waals surface area contributed by atoms with Gasteiger partial charge in [0.05, 0.1) is 56.6 Å². The zero-order valence-corrected chi connectivity index (χ0v) is 34.2. The van der Waals surface area contributed by atoms with E-state index in [1.807, 2.05) is 6.07 Å². The molecule has 4 aliphatic heterocycles. The Bertz CT molecular complexity index is 2500. The first kappa shape index (κ1) is 39.3. The molecule has 1 atom stereocenters. The number of nitrogens with one attached hydrogen (secondary N) is 3. The Morgan fingerprint density at radius 1 is 0.900 bits per heavy atom. The van der Waals surface area contributed by atoms with Gasteiger partial charge in [-0.25, -0.2) is 24.5 Å². The number of hydrogen-bond donors (Lipinski definition) is 4. The van der Waals surface area contributed by atoms with Gasteiger partial charge in [0.1, 0.15) is 41.1 Å². The summed E-state index contributed by atoms with van der Waals surface area (Å²) in [5.74, 6) is 3.95. The quantitative estimate of drug-likeness (QED) is 0.149. The second-order valence-corrected chi connectivity index (χ2v) is 17.2. The number of thiophene rings is 1. The minimum atomic E-state index is -0.560. The molecule has 4 saturated heterocycles. The number of anilines is 4. The molecule has 17 heteroatoms. The predicted molar refractivity (Wildman–Crippen MR) is 231 cm³/mol. The van der Waals surface area contributed by atoms with Gasteiger partial charge in [-0.15, -0.1) is 11.3 Å². The molecule has 8 heterocycles. The molecule has 5 N–H and O–H groups in total. The Kier molecular flexibility index (Phi) is 11.3. The smallest absolute Gasteiger partial charge is 0.270 e. The van der Waals surface area contributed by atoms with E-state index in [9.17, 15) is 19.2 Å². The summed E-state index contributed by atoms with van der Waals surface area (Å²) in [7, 11) is 0. The topological polar surface area (TPSA) is 197 Å². The van der Waals surface area contributed by atoms with E-state index in [-0.39, 0.29) is 28.9 Å². The number of fused-ring (bicyclic) bond motifs is 2. The van der Waals surface area contributed by atoms with Crippen molar-refractivity contribution in [3.05, 3.63) is 71.0 Å². The third-order valence-electron chi connectivity index (χ3n) is 12.5. The number of hydrogen-bond acceptors (Lipinski definition) is 14. The standard InChI is InChI=1S/C43H48N12O4S/c44-41-40-39(46-26-47-41)32(25-60-40)42(58)50-36-18-28-22-55(51-35(28)19-38(36)54-12-2-1-3-13-54)30-10-14-52(15-11-30)21-27-8-16-53(17-9-27)31-5-7-34(45-20-31)43(59)49-33-6-4-29(23-56)48-37(33)24-57/h5,7,18-20,22,25-27,30,33,48H,1-4,6,8-17,21H2,(H,49,59)(H,50,58)(H2,44,46,47)/t33-/m0/s1. The minimum Gasteiger partial charge on any atom is -0.382 e. The number of allylic oxidation sites excluding steroid dienone is 1. The Morgan fingerprint density at radius 3 is 2.47 bits per heavy atom. The first-order chi connectivity index (χ1) is 29.3. The fourth-order valence-electron chi connectivity index (χ4n) is 9.09. The highest BCUT2D eigenvalue weighted by molar-refractivity contribution is 7.18. The van der Waals surface area contributed by atoms with Crippen molar-refractivity contribution >= 4 is 79.0 Å². The van der Waals surface area contributed by atoms with Crippen LogP contribution < -0.4 is 31.5 Å². The molecule has 4 aliphatic rings. The van der Waals surface area contributed by atoms with Crippen LogP contribution >= 0.6 is 11.3 Å². The van der Waals surface area contributed by atoms with E-state index < -0.39 is 6.04 Å². The lowest BCUT2D eigenvalue weighted by Gasteiger charge is -2.38. The van der Waals surface area contributed by atoms with Crippen LogP contribution in [0.4, 0.5) is 22.9 Å². The Balaban J connectivity index is 0.785. The normalized spacial score (nSPS) is 19.6. The lowest BCUT2D eigenvalue weighted by molar-refractivity contribution is 0.0933. The number of nitrogens with two attached hydrogens (primary N) is 1. The molecule has 0 bridgehead atoms. The molecule has 0 saturated carbocycles. The number of likely N-dealkylation sites (tertiary alicyclic amines) is 1. The summed E-state index contributed by atoms with van der Waals surface area (Å²) >= 11 is 1.38. The van der Waals surface area contributed by atoms with Crippen LogP contribution in [0.2, 0.25) is 0 Å². The fourth-order valence-corrected chi connectivity index (χ4v) is 9.99. The zero-order chi connectivity index (χ0) is 41.2. The number of nitrogen functional groups attached to an aromatic ring is 1. The molecule has 0 radical (unpaired) electrons. The summed E-state index contributed by atoms with van der Waals surface area (Å²) in [6.07, 6.45) is 13.7. The molecule has 16 nitrogen and oxygen atoms in total. The van der Waals surface area contributed by atoms with E-state index in [4.69, 9.17) is 10.8 Å². The average Bonchev–Trinajstić information content (AvgIpc) is 3.92.